The fourth-order valence-electron chi connectivity index (χ4n) is 3.47. The van der Waals surface area contributed by atoms with Gasteiger partial charge in [-0.05, 0) is 37.1 Å². The summed E-state index contributed by atoms with van der Waals surface area (Å²) in [4.78, 5) is 16.2. The number of aryl methyl sites for hydroxylation is 1. The zero-order valence-electron chi connectivity index (χ0n) is 17.1. The largest absolute Gasteiger partial charge is 0.379 e. The molecule has 2 aromatic heterocycles. The molecule has 0 radical (unpaired) electrons. The number of hydrogen-bond donors (Lipinski definition) is 1. The Hall–Kier alpha value is -2.83. The van der Waals surface area contributed by atoms with E-state index in [1.54, 1.807) is 6.20 Å². The quantitative estimate of drug-likeness (QED) is 0.695. The molecular formula is C23H27N5O. The van der Waals surface area contributed by atoms with Crippen LogP contribution in [-0.2, 0) is 17.8 Å². The molecule has 0 unspecified atom stereocenters. The molecule has 29 heavy (non-hydrogen) atoms. The topological polar surface area (TPSA) is 63.2 Å². The van der Waals surface area contributed by atoms with Gasteiger partial charge in [-0.3, -0.25) is 9.88 Å². The molecule has 1 saturated heterocycles. The van der Waals surface area contributed by atoms with Crippen molar-refractivity contribution in [1.29, 1.82) is 0 Å². The average Bonchev–Trinajstić information content (AvgIpc) is 2.77. The monoisotopic (exact) mass is 389 g/mol. The Morgan fingerprint density at radius 1 is 0.966 bits per heavy atom. The van der Waals surface area contributed by atoms with E-state index >= 15 is 0 Å². The van der Waals surface area contributed by atoms with Crippen LogP contribution in [0.15, 0.2) is 48.7 Å². The van der Waals surface area contributed by atoms with Crippen LogP contribution < -0.4 is 5.32 Å². The third-order valence-corrected chi connectivity index (χ3v) is 5.35. The second kappa shape index (κ2) is 9.11. The van der Waals surface area contributed by atoms with Gasteiger partial charge in [0, 0.05) is 43.6 Å². The van der Waals surface area contributed by atoms with Crippen LogP contribution in [0.3, 0.4) is 0 Å². The summed E-state index contributed by atoms with van der Waals surface area (Å²) >= 11 is 0. The van der Waals surface area contributed by atoms with E-state index < -0.39 is 0 Å². The Labute approximate surface area is 172 Å². The van der Waals surface area contributed by atoms with Gasteiger partial charge < -0.3 is 10.1 Å². The molecule has 6 nitrogen and oxygen atoms in total. The van der Waals surface area contributed by atoms with Gasteiger partial charge in [0.1, 0.15) is 11.5 Å². The van der Waals surface area contributed by atoms with E-state index in [9.17, 15) is 0 Å². The number of anilines is 1. The fourth-order valence-corrected chi connectivity index (χ4v) is 3.47. The molecule has 3 heterocycles. The maximum Gasteiger partial charge on any atom is 0.180 e. The molecule has 1 fully saturated rings. The summed E-state index contributed by atoms with van der Waals surface area (Å²) in [7, 11) is 0. The van der Waals surface area contributed by atoms with E-state index in [1.165, 1.54) is 11.1 Å². The van der Waals surface area contributed by atoms with Gasteiger partial charge in [0.05, 0.1) is 13.2 Å². The van der Waals surface area contributed by atoms with Crippen LogP contribution >= 0.6 is 0 Å². The van der Waals surface area contributed by atoms with Crippen molar-refractivity contribution in [1.82, 2.24) is 19.9 Å². The first-order chi connectivity index (χ1) is 14.2. The molecule has 0 saturated carbocycles. The lowest BCUT2D eigenvalue weighted by atomic mass is 10.1. The zero-order chi connectivity index (χ0) is 20.1. The molecule has 0 amide bonds. The van der Waals surface area contributed by atoms with Crippen molar-refractivity contribution in [3.05, 3.63) is 71.0 Å². The van der Waals surface area contributed by atoms with Gasteiger partial charge in [-0.2, -0.15) is 0 Å². The van der Waals surface area contributed by atoms with Crippen LogP contribution in [0.25, 0.3) is 11.5 Å². The number of nitrogens with one attached hydrogen (secondary N) is 1. The first-order valence-corrected chi connectivity index (χ1v) is 10.1. The van der Waals surface area contributed by atoms with Crippen molar-refractivity contribution in [2.75, 3.05) is 31.6 Å². The van der Waals surface area contributed by atoms with E-state index in [4.69, 9.17) is 9.72 Å². The molecule has 0 bridgehead atoms. The first-order valence-electron chi connectivity index (χ1n) is 10.1. The number of morpholine rings is 1. The molecule has 6 heteroatoms. The minimum Gasteiger partial charge on any atom is -0.379 e. The van der Waals surface area contributed by atoms with Gasteiger partial charge in [0.2, 0.25) is 0 Å². The van der Waals surface area contributed by atoms with Gasteiger partial charge in [-0.15, -0.1) is 0 Å². The third kappa shape index (κ3) is 4.78. The molecule has 0 spiro atoms. The van der Waals surface area contributed by atoms with Crippen molar-refractivity contribution in [3.63, 3.8) is 0 Å². The Morgan fingerprint density at radius 2 is 1.72 bits per heavy atom. The maximum atomic E-state index is 5.47. The Balaban J connectivity index is 1.53. The predicted octanol–water partition coefficient (Wildman–Crippen LogP) is 3.60. The second-order valence-corrected chi connectivity index (χ2v) is 7.33. The van der Waals surface area contributed by atoms with Gasteiger partial charge in [0.25, 0.3) is 0 Å². The van der Waals surface area contributed by atoms with Crippen LogP contribution in [0.5, 0.6) is 0 Å². The number of hydrogen-bond acceptors (Lipinski definition) is 6. The summed E-state index contributed by atoms with van der Waals surface area (Å²) in [6.45, 7) is 9.34. The molecule has 1 aromatic carbocycles. The summed E-state index contributed by atoms with van der Waals surface area (Å²) in [5, 5.41) is 3.54. The van der Waals surface area contributed by atoms with Crippen LogP contribution in [-0.4, -0.2) is 46.2 Å². The summed E-state index contributed by atoms with van der Waals surface area (Å²) in [6.07, 6.45) is 1.77. The van der Waals surface area contributed by atoms with Crippen LogP contribution in [0.2, 0.25) is 0 Å². The first kappa shape index (κ1) is 19.5. The minimum atomic E-state index is 0.651. The van der Waals surface area contributed by atoms with Crippen LogP contribution in [0, 0.1) is 13.8 Å². The lowest BCUT2D eigenvalue weighted by molar-refractivity contribution is 0.0341. The highest BCUT2D eigenvalue weighted by atomic mass is 16.5. The van der Waals surface area contributed by atoms with E-state index in [2.05, 4.69) is 51.4 Å². The third-order valence-electron chi connectivity index (χ3n) is 5.35. The molecule has 150 valence electrons. The maximum absolute atomic E-state index is 5.47. The second-order valence-electron chi connectivity index (χ2n) is 7.33. The molecule has 0 atom stereocenters. The summed E-state index contributed by atoms with van der Waals surface area (Å²) in [5.41, 5.74) is 5.44. The summed E-state index contributed by atoms with van der Waals surface area (Å²) in [6, 6.07) is 14.4. The highest BCUT2D eigenvalue weighted by Crippen LogP contribution is 2.22. The molecule has 3 aromatic rings. The van der Waals surface area contributed by atoms with Crippen molar-refractivity contribution in [2.24, 2.45) is 0 Å². The Bertz CT molecular complexity index is 955. The SMILES string of the molecule is Cc1nc(-c2ccccn2)nc(NCc2ccccc2CN2CCOCC2)c1C. The van der Waals surface area contributed by atoms with Gasteiger partial charge in [-0.1, -0.05) is 30.3 Å². The van der Waals surface area contributed by atoms with E-state index in [0.717, 1.165) is 62.2 Å². The number of aromatic nitrogens is 3. The van der Waals surface area contributed by atoms with Crippen LogP contribution in [0.4, 0.5) is 5.82 Å². The standard InChI is InChI=1S/C23H27N5O/c1-17-18(2)26-23(21-9-5-6-10-24-21)27-22(17)25-15-19-7-3-4-8-20(19)16-28-11-13-29-14-12-28/h3-10H,11-16H2,1-2H3,(H,25,26,27). The fraction of sp³-hybridized carbons (Fsp3) is 0.348. The Morgan fingerprint density at radius 3 is 2.48 bits per heavy atom. The van der Waals surface area contributed by atoms with Crippen molar-refractivity contribution < 1.29 is 4.74 Å². The van der Waals surface area contributed by atoms with Gasteiger partial charge >= 0.3 is 0 Å². The predicted molar refractivity (Wildman–Crippen MR) is 115 cm³/mol. The Kier molecular flexibility index (Phi) is 6.12. The van der Waals surface area contributed by atoms with E-state index in [0.29, 0.717) is 5.82 Å². The lowest BCUT2D eigenvalue weighted by Gasteiger charge is -2.27. The smallest absolute Gasteiger partial charge is 0.180 e. The lowest BCUT2D eigenvalue weighted by Crippen LogP contribution is -2.35. The highest BCUT2D eigenvalue weighted by Gasteiger charge is 2.14. The van der Waals surface area contributed by atoms with Crippen molar-refractivity contribution in [3.8, 4) is 11.5 Å². The minimum absolute atomic E-state index is 0.651. The number of rotatable bonds is 6. The molecule has 1 aliphatic heterocycles. The van der Waals surface area contributed by atoms with Crippen LogP contribution in [0.1, 0.15) is 22.4 Å². The highest BCUT2D eigenvalue weighted by molar-refractivity contribution is 5.56. The normalized spacial score (nSPS) is 14.7. The molecular weight excluding hydrogens is 362 g/mol. The number of benzene rings is 1. The number of pyridine rings is 1. The van der Waals surface area contributed by atoms with Gasteiger partial charge in [0.15, 0.2) is 5.82 Å². The van der Waals surface area contributed by atoms with Gasteiger partial charge in [-0.25, -0.2) is 9.97 Å². The summed E-state index contributed by atoms with van der Waals surface area (Å²) < 4.78 is 5.47. The number of ether oxygens (including phenoxy) is 1. The summed E-state index contributed by atoms with van der Waals surface area (Å²) in [5.74, 6) is 1.51. The number of nitrogens with zero attached hydrogens (tertiary/aromatic N) is 4. The van der Waals surface area contributed by atoms with Crippen molar-refractivity contribution >= 4 is 5.82 Å². The van der Waals surface area contributed by atoms with Crippen molar-refractivity contribution in [2.45, 2.75) is 26.9 Å². The van der Waals surface area contributed by atoms with E-state index in [-0.39, 0.29) is 0 Å². The zero-order valence-corrected chi connectivity index (χ0v) is 17.1. The molecule has 1 aliphatic rings. The molecule has 0 aliphatic carbocycles. The average molecular weight is 390 g/mol. The molecule has 4 rings (SSSR count). The molecule has 1 N–H and O–H groups in total. The van der Waals surface area contributed by atoms with E-state index in [1.807, 2.05) is 25.1 Å².